The van der Waals surface area contributed by atoms with Crippen molar-refractivity contribution in [2.45, 2.75) is 12.7 Å². The van der Waals surface area contributed by atoms with E-state index in [-0.39, 0.29) is 17.9 Å². The molecule has 0 unspecified atom stereocenters. The standard InChI is InChI=1S/C21H15F3N8O/c22-21(23,24)13-7-4-8-14-16(13)20(33)32(31-12-5-2-1-3-6-12)15(30-14)9-25-18-17-19(27-10-26-17)29-11-28-18/h1-8,10-11,31H,9H2,(H2,25,26,27,28,29). The maximum absolute atomic E-state index is 13.6. The fraction of sp³-hybridized carbons (Fsp3) is 0.0952. The number of nitrogens with one attached hydrogen (secondary N) is 3. The first-order chi connectivity index (χ1) is 15.9. The monoisotopic (exact) mass is 452 g/mol. The Bertz CT molecular complexity index is 1510. The molecule has 3 heterocycles. The van der Waals surface area contributed by atoms with Crippen molar-refractivity contribution in [1.29, 1.82) is 0 Å². The summed E-state index contributed by atoms with van der Waals surface area (Å²) in [4.78, 5) is 32.8. The largest absolute Gasteiger partial charge is 0.417 e. The predicted octanol–water partition coefficient (Wildman–Crippen LogP) is 3.57. The van der Waals surface area contributed by atoms with Crippen LogP contribution in [0.2, 0.25) is 0 Å². The van der Waals surface area contributed by atoms with E-state index in [4.69, 9.17) is 0 Å². The maximum Gasteiger partial charge on any atom is 0.417 e. The number of hydrogen-bond donors (Lipinski definition) is 3. The van der Waals surface area contributed by atoms with Gasteiger partial charge in [-0.2, -0.15) is 13.2 Å². The first-order valence-electron chi connectivity index (χ1n) is 9.74. The van der Waals surface area contributed by atoms with Crippen LogP contribution in [-0.4, -0.2) is 29.6 Å². The molecule has 0 aliphatic rings. The number of rotatable bonds is 5. The molecule has 0 spiro atoms. The van der Waals surface area contributed by atoms with E-state index in [0.717, 1.165) is 10.7 Å². The van der Waals surface area contributed by atoms with Crippen molar-refractivity contribution < 1.29 is 13.2 Å². The van der Waals surface area contributed by atoms with Crippen LogP contribution in [0, 0.1) is 0 Å². The second kappa shape index (κ2) is 7.89. The third kappa shape index (κ3) is 3.82. The van der Waals surface area contributed by atoms with Crippen LogP contribution in [0.4, 0.5) is 24.7 Å². The Morgan fingerprint density at radius 3 is 2.61 bits per heavy atom. The van der Waals surface area contributed by atoms with E-state index in [2.05, 4.69) is 35.7 Å². The third-order valence-corrected chi connectivity index (χ3v) is 4.92. The zero-order valence-electron chi connectivity index (χ0n) is 16.8. The van der Waals surface area contributed by atoms with Gasteiger partial charge in [0.25, 0.3) is 5.56 Å². The van der Waals surface area contributed by atoms with Crippen molar-refractivity contribution in [3.8, 4) is 0 Å². The van der Waals surface area contributed by atoms with E-state index in [1.165, 1.54) is 24.8 Å². The smallest absolute Gasteiger partial charge is 0.361 e. The SMILES string of the molecule is O=c1c2c(C(F)(F)F)cccc2nc(CNc2ncnc3nc[nH]c23)n1Nc1ccccc1. The predicted molar refractivity (Wildman–Crippen MR) is 115 cm³/mol. The minimum atomic E-state index is -4.71. The molecule has 2 aromatic carbocycles. The lowest BCUT2D eigenvalue weighted by atomic mass is 10.1. The zero-order valence-corrected chi connectivity index (χ0v) is 16.8. The maximum atomic E-state index is 13.6. The zero-order chi connectivity index (χ0) is 23.0. The first-order valence-corrected chi connectivity index (χ1v) is 9.74. The number of nitrogens with zero attached hydrogens (tertiary/aromatic N) is 5. The van der Waals surface area contributed by atoms with Crippen LogP contribution in [0.3, 0.4) is 0 Å². The van der Waals surface area contributed by atoms with Crippen molar-refractivity contribution in [3.05, 3.63) is 82.9 Å². The summed E-state index contributed by atoms with van der Waals surface area (Å²) in [5.41, 5.74) is 2.37. The molecule has 3 aromatic heterocycles. The topological polar surface area (TPSA) is 113 Å². The molecular formula is C21H15F3N8O. The number of hydrogen-bond acceptors (Lipinski definition) is 7. The number of aromatic nitrogens is 6. The Hall–Kier alpha value is -4.48. The molecule has 5 aromatic rings. The van der Waals surface area contributed by atoms with Gasteiger partial charge in [0.1, 0.15) is 11.8 Å². The second-order valence-electron chi connectivity index (χ2n) is 7.02. The van der Waals surface area contributed by atoms with Crippen LogP contribution >= 0.6 is 0 Å². The van der Waals surface area contributed by atoms with Crippen molar-refractivity contribution in [2.24, 2.45) is 0 Å². The Balaban J connectivity index is 1.64. The van der Waals surface area contributed by atoms with Crippen LogP contribution < -0.4 is 16.3 Å². The van der Waals surface area contributed by atoms with E-state index in [0.29, 0.717) is 22.7 Å². The van der Waals surface area contributed by atoms with Gasteiger partial charge in [0.2, 0.25) is 0 Å². The van der Waals surface area contributed by atoms with Gasteiger partial charge in [-0.15, -0.1) is 0 Å². The minimum absolute atomic E-state index is 0.0214. The molecule has 12 heteroatoms. The molecule has 5 rings (SSSR count). The van der Waals surface area contributed by atoms with Gasteiger partial charge < -0.3 is 10.3 Å². The third-order valence-electron chi connectivity index (χ3n) is 4.92. The average molecular weight is 452 g/mol. The van der Waals surface area contributed by atoms with Crippen molar-refractivity contribution >= 4 is 33.6 Å². The minimum Gasteiger partial charge on any atom is -0.361 e. The van der Waals surface area contributed by atoms with Gasteiger partial charge in [-0.1, -0.05) is 24.3 Å². The molecule has 0 saturated carbocycles. The van der Waals surface area contributed by atoms with Crippen LogP contribution in [0.5, 0.6) is 0 Å². The molecule has 0 atom stereocenters. The molecule has 33 heavy (non-hydrogen) atoms. The summed E-state index contributed by atoms with van der Waals surface area (Å²) in [6, 6.07) is 12.1. The number of benzene rings is 2. The van der Waals surface area contributed by atoms with Crippen LogP contribution in [-0.2, 0) is 12.7 Å². The summed E-state index contributed by atoms with van der Waals surface area (Å²) in [6.45, 7) is -0.0214. The van der Waals surface area contributed by atoms with Gasteiger partial charge in [0.05, 0.1) is 35.0 Å². The number of H-pyrrole nitrogens is 1. The highest BCUT2D eigenvalue weighted by Crippen LogP contribution is 2.33. The van der Waals surface area contributed by atoms with E-state index in [9.17, 15) is 18.0 Å². The van der Waals surface area contributed by atoms with Gasteiger partial charge in [0, 0.05) is 0 Å². The molecule has 166 valence electrons. The molecule has 0 amide bonds. The summed E-state index contributed by atoms with van der Waals surface area (Å²) < 4.78 is 41.8. The number of para-hydroxylation sites is 1. The highest BCUT2D eigenvalue weighted by atomic mass is 19.4. The van der Waals surface area contributed by atoms with Gasteiger partial charge in [-0.25, -0.2) is 24.6 Å². The Morgan fingerprint density at radius 1 is 1.00 bits per heavy atom. The number of halogens is 3. The molecule has 0 aliphatic heterocycles. The van der Waals surface area contributed by atoms with Crippen molar-refractivity contribution in [3.63, 3.8) is 0 Å². The number of alkyl halides is 3. The van der Waals surface area contributed by atoms with Gasteiger partial charge in [0.15, 0.2) is 17.3 Å². The molecule has 0 fully saturated rings. The highest BCUT2D eigenvalue weighted by Gasteiger charge is 2.34. The molecule has 3 N–H and O–H groups in total. The van der Waals surface area contributed by atoms with Crippen LogP contribution in [0.15, 0.2) is 66.0 Å². The lowest BCUT2D eigenvalue weighted by Gasteiger charge is -2.18. The summed E-state index contributed by atoms with van der Waals surface area (Å²) in [6.07, 6.45) is -1.92. The fourth-order valence-electron chi connectivity index (χ4n) is 3.45. The quantitative estimate of drug-likeness (QED) is 0.374. The Morgan fingerprint density at radius 2 is 1.82 bits per heavy atom. The first kappa shape index (κ1) is 20.4. The van der Waals surface area contributed by atoms with E-state index in [1.54, 1.807) is 30.3 Å². The molecular weight excluding hydrogens is 437 g/mol. The van der Waals surface area contributed by atoms with Gasteiger partial charge in [-0.05, 0) is 24.3 Å². The van der Waals surface area contributed by atoms with E-state index >= 15 is 0 Å². The normalized spacial score (nSPS) is 11.7. The molecule has 0 radical (unpaired) electrons. The molecule has 0 saturated heterocycles. The van der Waals surface area contributed by atoms with Crippen molar-refractivity contribution in [1.82, 2.24) is 29.6 Å². The summed E-state index contributed by atoms with van der Waals surface area (Å²) in [7, 11) is 0. The number of anilines is 2. The molecule has 9 nitrogen and oxygen atoms in total. The summed E-state index contributed by atoms with van der Waals surface area (Å²) in [5, 5.41) is 2.53. The number of imidazole rings is 1. The molecule has 0 bridgehead atoms. The number of fused-ring (bicyclic) bond motifs is 2. The van der Waals surface area contributed by atoms with Gasteiger partial charge in [-0.3, -0.25) is 10.2 Å². The van der Waals surface area contributed by atoms with E-state index < -0.39 is 22.7 Å². The fourth-order valence-corrected chi connectivity index (χ4v) is 3.45. The Kier molecular flexibility index (Phi) is 4.89. The Labute approximate surface area is 183 Å². The van der Waals surface area contributed by atoms with Crippen LogP contribution in [0.1, 0.15) is 11.4 Å². The second-order valence-corrected chi connectivity index (χ2v) is 7.02. The van der Waals surface area contributed by atoms with Crippen LogP contribution in [0.25, 0.3) is 22.1 Å². The summed E-state index contributed by atoms with van der Waals surface area (Å²) >= 11 is 0. The lowest BCUT2D eigenvalue weighted by molar-refractivity contribution is -0.136. The molecule has 0 aliphatic carbocycles. The van der Waals surface area contributed by atoms with E-state index in [1.807, 2.05) is 0 Å². The number of aromatic amines is 1. The summed E-state index contributed by atoms with van der Waals surface area (Å²) in [5.74, 6) is 0.559. The average Bonchev–Trinajstić information content (AvgIpc) is 3.29. The van der Waals surface area contributed by atoms with Crippen molar-refractivity contribution in [2.75, 3.05) is 10.7 Å². The lowest BCUT2D eigenvalue weighted by Crippen LogP contribution is -2.33. The van der Waals surface area contributed by atoms with Gasteiger partial charge >= 0.3 is 6.18 Å². The highest BCUT2D eigenvalue weighted by molar-refractivity contribution is 5.83.